The Kier molecular flexibility index (Phi) is 7.00. The molecule has 0 aliphatic carbocycles. The van der Waals surface area contributed by atoms with E-state index in [0.29, 0.717) is 0 Å². The van der Waals surface area contributed by atoms with Crippen LogP contribution in [0.3, 0.4) is 0 Å². The summed E-state index contributed by atoms with van der Waals surface area (Å²) >= 11 is 5.76. The molecule has 0 saturated carbocycles. The van der Waals surface area contributed by atoms with Crippen molar-refractivity contribution in [3.63, 3.8) is 0 Å². The third-order valence-electron chi connectivity index (χ3n) is 4.70. The highest BCUT2D eigenvalue weighted by atomic mass is 32.1. The summed E-state index contributed by atoms with van der Waals surface area (Å²) in [5.74, 6) is 0. The Hall–Kier alpha value is -2.65. The number of thiocarbonyl (C=S) groups is 1. The molecule has 2 nitrogen and oxygen atoms in total. The highest BCUT2D eigenvalue weighted by molar-refractivity contribution is 7.80. The van der Waals surface area contributed by atoms with E-state index in [9.17, 15) is 0 Å². The van der Waals surface area contributed by atoms with Crippen molar-refractivity contribution in [1.29, 1.82) is 0 Å². The van der Waals surface area contributed by atoms with Crippen LogP contribution in [0.25, 0.3) is 0 Å². The highest BCUT2D eigenvalue weighted by Gasteiger charge is 2.11. The van der Waals surface area contributed by atoms with Crippen LogP contribution in [0, 0.1) is 6.92 Å². The van der Waals surface area contributed by atoms with Crippen LogP contribution in [0.5, 0.6) is 0 Å². The zero-order chi connectivity index (χ0) is 18.9. The van der Waals surface area contributed by atoms with Crippen LogP contribution in [0.15, 0.2) is 84.9 Å². The van der Waals surface area contributed by atoms with E-state index in [4.69, 9.17) is 12.2 Å². The molecule has 3 heteroatoms. The Morgan fingerprint density at radius 1 is 0.741 bits per heavy atom. The fourth-order valence-electron chi connectivity index (χ4n) is 3.04. The SMILES string of the molecule is Cc1ccccc1NC(=S)N(CCc1ccccc1)CCc1ccccc1. The summed E-state index contributed by atoms with van der Waals surface area (Å²) in [5.41, 5.74) is 4.94. The Bertz CT molecular complexity index is 803. The molecule has 0 radical (unpaired) electrons. The van der Waals surface area contributed by atoms with Crippen LogP contribution in [0.4, 0.5) is 5.69 Å². The fraction of sp³-hybridized carbons (Fsp3) is 0.208. The van der Waals surface area contributed by atoms with Gasteiger partial charge >= 0.3 is 0 Å². The van der Waals surface area contributed by atoms with Crippen LogP contribution < -0.4 is 5.32 Å². The molecule has 0 aromatic heterocycles. The summed E-state index contributed by atoms with van der Waals surface area (Å²) in [7, 11) is 0. The van der Waals surface area contributed by atoms with E-state index in [1.807, 2.05) is 12.1 Å². The molecule has 0 aliphatic rings. The predicted octanol–water partition coefficient (Wildman–Crippen LogP) is 5.48. The van der Waals surface area contributed by atoms with Crippen molar-refractivity contribution in [3.05, 3.63) is 102 Å². The van der Waals surface area contributed by atoms with Gasteiger partial charge in [-0.3, -0.25) is 0 Å². The normalized spacial score (nSPS) is 10.4. The summed E-state index contributed by atoms with van der Waals surface area (Å²) in [6, 6.07) is 29.4. The van der Waals surface area contributed by atoms with Gasteiger partial charge in [-0.1, -0.05) is 78.9 Å². The largest absolute Gasteiger partial charge is 0.348 e. The lowest BCUT2D eigenvalue weighted by Gasteiger charge is -2.26. The maximum absolute atomic E-state index is 5.76. The smallest absolute Gasteiger partial charge is 0.173 e. The second kappa shape index (κ2) is 9.89. The second-order valence-electron chi connectivity index (χ2n) is 6.70. The molecule has 0 fully saturated rings. The van der Waals surface area contributed by atoms with Crippen LogP contribution in [-0.2, 0) is 12.8 Å². The number of para-hydroxylation sites is 1. The number of hydrogen-bond donors (Lipinski definition) is 1. The predicted molar refractivity (Wildman–Crippen MR) is 119 cm³/mol. The average Bonchev–Trinajstić information content (AvgIpc) is 2.71. The quantitative estimate of drug-likeness (QED) is 0.551. The van der Waals surface area contributed by atoms with Gasteiger partial charge in [-0.2, -0.15) is 0 Å². The van der Waals surface area contributed by atoms with Gasteiger partial charge in [0.1, 0.15) is 0 Å². The van der Waals surface area contributed by atoms with Gasteiger partial charge in [0, 0.05) is 18.8 Å². The van der Waals surface area contributed by atoms with Crippen LogP contribution in [0.1, 0.15) is 16.7 Å². The van der Waals surface area contributed by atoms with Gasteiger partial charge in [-0.05, 0) is 54.7 Å². The van der Waals surface area contributed by atoms with Gasteiger partial charge in [0.2, 0.25) is 0 Å². The molecule has 3 aromatic rings. The van der Waals surface area contributed by atoms with Gasteiger partial charge < -0.3 is 10.2 Å². The standard InChI is InChI=1S/C24H26N2S/c1-20-10-8-9-15-23(20)25-24(27)26(18-16-21-11-4-2-5-12-21)19-17-22-13-6-3-7-14-22/h2-15H,16-19H2,1H3,(H,25,27). The Morgan fingerprint density at radius 2 is 1.22 bits per heavy atom. The molecule has 0 saturated heterocycles. The van der Waals surface area contributed by atoms with E-state index in [1.165, 1.54) is 16.7 Å². The summed E-state index contributed by atoms with van der Waals surface area (Å²) in [5, 5.41) is 4.23. The number of nitrogens with one attached hydrogen (secondary N) is 1. The molecule has 138 valence electrons. The van der Waals surface area contributed by atoms with Gasteiger partial charge in [0.15, 0.2) is 5.11 Å². The van der Waals surface area contributed by atoms with Gasteiger partial charge in [-0.15, -0.1) is 0 Å². The summed E-state index contributed by atoms with van der Waals surface area (Å²) < 4.78 is 0. The molecular formula is C24H26N2S. The lowest BCUT2D eigenvalue weighted by Crippen LogP contribution is -2.38. The van der Waals surface area contributed by atoms with Crippen molar-refractivity contribution in [2.75, 3.05) is 18.4 Å². The zero-order valence-electron chi connectivity index (χ0n) is 15.8. The van der Waals surface area contributed by atoms with Crippen LogP contribution in [0.2, 0.25) is 0 Å². The van der Waals surface area contributed by atoms with Crippen molar-refractivity contribution in [2.24, 2.45) is 0 Å². The zero-order valence-corrected chi connectivity index (χ0v) is 16.6. The first-order chi connectivity index (χ1) is 13.2. The number of nitrogens with zero attached hydrogens (tertiary/aromatic N) is 1. The van der Waals surface area contributed by atoms with E-state index in [2.05, 4.69) is 89.9 Å². The lowest BCUT2D eigenvalue weighted by molar-refractivity contribution is 0.432. The van der Waals surface area contributed by atoms with Gasteiger partial charge in [-0.25, -0.2) is 0 Å². The average molecular weight is 375 g/mol. The monoisotopic (exact) mass is 374 g/mol. The number of benzene rings is 3. The molecular weight excluding hydrogens is 348 g/mol. The van der Waals surface area contributed by atoms with Crippen molar-refractivity contribution in [1.82, 2.24) is 4.90 Å². The van der Waals surface area contributed by atoms with Crippen LogP contribution >= 0.6 is 12.2 Å². The van der Waals surface area contributed by atoms with E-state index in [1.54, 1.807) is 0 Å². The molecule has 0 amide bonds. The third-order valence-corrected chi connectivity index (χ3v) is 5.06. The van der Waals surface area contributed by atoms with E-state index in [-0.39, 0.29) is 0 Å². The summed E-state index contributed by atoms with van der Waals surface area (Å²) in [6.07, 6.45) is 1.95. The summed E-state index contributed by atoms with van der Waals surface area (Å²) in [4.78, 5) is 2.28. The Labute approximate surface area is 167 Å². The maximum Gasteiger partial charge on any atom is 0.173 e. The minimum Gasteiger partial charge on any atom is -0.348 e. The number of rotatable bonds is 7. The van der Waals surface area contributed by atoms with E-state index >= 15 is 0 Å². The maximum atomic E-state index is 5.76. The molecule has 0 atom stereocenters. The minimum absolute atomic E-state index is 0.788. The molecule has 1 N–H and O–H groups in total. The molecule has 0 unspecified atom stereocenters. The Balaban J connectivity index is 1.67. The number of aryl methyl sites for hydroxylation is 1. The highest BCUT2D eigenvalue weighted by Crippen LogP contribution is 2.15. The van der Waals surface area contributed by atoms with Gasteiger partial charge in [0.25, 0.3) is 0 Å². The molecule has 0 spiro atoms. The molecule has 27 heavy (non-hydrogen) atoms. The van der Waals surface area contributed by atoms with Crippen molar-refractivity contribution >= 4 is 23.0 Å². The summed E-state index contributed by atoms with van der Waals surface area (Å²) in [6.45, 7) is 3.90. The minimum atomic E-state index is 0.788. The molecule has 0 heterocycles. The van der Waals surface area contributed by atoms with Gasteiger partial charge in [0.05, 0.1) is 0 Å². The van der Waals surface area contributed by atoms with Crippen molar-refractivity contribution in [3.8, 4) is 0 Å². The molecule has 3 aromatic carbocycles. The molecule has 0 aliphatic heterocycles. The lowest BCUT2D eigenvalue weighted by atomic mass is 10.1. The number of anilines is 1. The second-order valence-corrected chi connectivity index (χ2v) is 7.09. The molecule has 3 rings (SSSR count). The van der Waals surface area contributed by atoms with Crippen LogP contribution in [-0.4, -0.2) is 23.1 Å². The number of hydrogen-bond acceptors (Lipinski definition) is 1. The first-order valence-corrected chi connectivity index (χ1v) is 9.82. The molecule has 0 bridgehead atoms. The van der Waals surface area contributed by atoms with E-state index < -0.39 is 0 Å². The third kappa shape index (κ3) is 5.93. The first kappa shape index (κ1) is 19.1. The fourth-order valence-corrected chi connectivity index (χ4v) is 3.33. The van der Waals surface area contributed by atoms with Crippen molar-refractivity contribution in [2.45, 2.75) is 19.8 Å². The Morgan fingerprint density at radius 3 is 1.74 bits per heavy atom. The van der Waals surface area contributed by atoms with Crippen molar-refractivity contribution < 1.29 is 0 Å². The topological polar surface area (TPSA) is 15.3 Å². The first-order valence-electron chi connectivity index (χ1n) is 9.42. The van der Waals surface area contributed by atoms with E-state index in [0.717, 1.165) is 36.7 Å².